The number of aromatic nitrogens is 2. The molecule has 0 saturated heterocycles. The van der Waals surface area contributed by atoms with Crippen LogP contribution in [-0.2, 0) is 5.92 Å². The van der Waals surface area contributed by atoms with E-state index in [1.807, 2.05) is 0 Å². The Bertz CT molecular complexity index is 559. The minimum atomic E-state index is -3.23. The molecule has 1 heterocycles. The Morgan fingerprint density at radius 1 is 1.17 bits per heavy atom. The Hall–Kier alpha value is -1.78. The van der Waals surface area contributed by atoms with Crippen LogP contribution in [0.3, 0.4) is 0 Å². The Kier molecular flexibility index (Phi) is 2.43. The molecule has 0 spiro atoms. The summed E-state index contributed by atoms with van der Waals surface area (Å²) in [6.45, 7) is 1.49. The number of rotatable bonds is 3. The largest absolute Gasteiger partial charge is 0.420 e. The van der Waals surface area contributed by atoms with Crippen LogP contribution in [-0.4, -0.2) is 10.2 Å². The highest BCUT2D eigenvalue weighted by Gasteiger charge is 2.40. The predicted molar refractivity (Wildman–Crippen MR) is 60.4 cm³/mol. The highest BCUT2D eigenvalue weighted by atomic mass is 19.3. The van der Waals surface area contributed by atoms with Crippen LogP contribution >= 0.6 is 0 Å². The Morgan fingerprint density at radius 3 is 2.33 bits per heavy atom. The summed E-state index contributed by atoms with van der Waals surface area (Å²) in [5.41, 5.74) is 1.01. The van der Waals surface area contributed by atoms with Crippen LogP contribution in [0.2, 0.25) is 0 Å². The minimum Gasteiger partial charge on any atom is -0.420 e. The van der Waals surface area contributed by atoms with Crippen LogP contribution < -0.4 is 0 Å². The molecule has 18 heavy (non-hydrogen) atoms. The summed E-state index contributed by atoms with van der Waals surface area (Å²) in [6.07, 6.45) is 2.30. The molecule has 0 unspecified atom stereocenters. The summed E-state index contributed by atoms with van der Waals surface area (Å²) < 4.78 is 32.9. The molecule has 0 bridgehead atoms. The van der Waals surface area contributed by atoms with Crippen molar-refractivity contribution >= 4 is 0 Å². The van der Waals surface area contributed by atoms with Gasteiger partial charge in [0.2, 0.25) is 5.89 Å². The summed E-state index contributed by atoms with van der Waals surface area (Å²) in [6, 6.07) is 6.38. The number of hydrogen-bond acceptors (Lipinski definition) is 3. The maximum atomic E-state index is 14.1. The first-order chi connectivity index (χ1) is 8.57. The van der Waals surface area contributed by atoms with Crippen LogP contribution in [0.4, 0.5) is 8.78 Å². The molecular formula is C13H12F2N2O. The zero-order valence-corrected chi connectivity index (χ0v) is 9.86. The van der Waals surface area contributed by atoms with Crippen molar-refractivity contribution in [3.63, 3.8) is 0 Å². The normalized spacial score (nSPS) is 15.9. The maximum Gasteiger partial charge on any atom is 0.349 e. The van der Waals surface area contributed by atoms with Gasteiger partial charge in [0.15, 0.2) is 0 Å². The summed E-state index contributed by atoms with van der Waals surface area (Å²) in [4.78, 5) is 0. The number of halogens is 2. The number of hydrogen-bond donors (Lipinski definition) is 0. The molecule has 2 aromatic rings. The lowest BCUT2D eigenvalue weighted by Crippen LogP contribution is -2.15. The third-order valence-corrected chi connectivity index (χ3v) is 3.12. The lowest BCUT2D eigenvalue weighted by atomic mass is 10.0. The van der Waals surface area contributed by atoms with Gasteiger partial charge in [0.05, 0.1) is 0 Å². The van der Waals surface area contributed by atoms with E-state index in [1.165, 1.54) is 19.1 Å². The van der Waals surface area contributed by atoms with Gasteiger partial charge in [0.25, 0.3) is 5.89 Å². The molecule has 1 aromatic heterocycles. The molecule has 3 rings (SSSR count). The highest BCUT2D eigenvalue weighted by molar-refractivity contribution is 5.32. The van der Waals surface area contributed by atoms with E-state index in [0.717, 1.165) is 18.4 Å². The van der Waals surface area contributed by atoms with Crippen molar-refractivity contribution in [2.45, 2.75) is 31.6 Å². The van der Waals surface area contributed by atoms with Crippen molar-refractivity contribution in [2.75, 3.05) is 0 Å². The number of benzene rings is 1. The van der Waals surface area contributed by atoms with Gasteiger partial charge in [-0.2, -0.15) is 8.78 Å². The average Bonchev–Trinajstić information content (AvgIpc) is 3.11. The van der Waals surface area contributed by atoms with E-state index in [0.29, 0.717) is 5.92 Å². The zero-order chi connectivity index (χ0) is 12.8. The topological polar surface area (TPSA) is 38.9 Å². The van der Waals surface area contributed by atoms with Crippen LogP contribution in [0.15, 0.2) is 28.7 Å². The average molecular weight is 250 g/mol. The monoisotopic (exact) mass is 250 g/mol. The van der Waals surface area contributed by atoms with Gasteiger partial charge in [0, 0.05) is 12.5 Å². The van der Waals surface area contributed by atoms with Gasteiger partial charge in [-0.3, -0.25) is 0 Å². The van der Waals surface area contributed by atoms with E-state index < -0.39 is 11.8 Å². The van der Waals surface area contributed by atoms with Gasteiger partial charge in [-0.1, -0.05) is 24.3 Å². The van der Waals surface area contributed by atoms with Crippen molar-refractivity contribution < 1.29 is 13.2 Å². The molecule has 1 aromatic carbocycles. The van der Waals surface area contributed by atoms with Gasteiger partial charge in [-0.15, -0.1) is 10.2 Å². The fraction of sp³-hybridized carbons (Fsp3) is 0.385. The summed E-state index contributed by atoms with van der Waals surface area (Å²) >= 11 is 0. The standard InChI is InChI=1S/C13H12F2N2O/c1-8-16-17-12(18-8)13(14,15)11-6-4-10(5-7-11)9-2-3-9/h4-7,9H,2-3H2,1H3. The first-order valence-electron chi connectivity index (χ1n) is 5.86. The van der Waals surface area contributed by atoms with E-state index in [9.17, 15) is 8.78 Å². The first kappa shape index (κ1) is 11.3. The number of nitrogens with zero attached hydrogens (tertiary/aromatic N) is 2. The van der Waals surface area contributed by atoms with Gasteiger partial charge >= 0.3 is 5.92 Å². The van der Waals surface area contributed by atoms with E-state index in [2.05, 4.69) is 10.2 Å². The molecule has 0 radical (unpaired) electrons. The first-order valence-corrected chi connectivity index (χ1v) is 5.86. The fourth-order valence-electron chi connectivity index (χ4n) is 1.93. The van der Waals surface area contributed by atoms with Gasteiger partial charge in [-0.25, -0.2) is 0 Å². The maximum absolute atomic E-state index is 14.1. The molecule has 94 valence electrons. The number of aryl methyl sites for hydroxylation is 1. The van der Waals surface area contributed by atoms with Crippen LogP contribution in [0, 0.1) is 6.92 Å². The van der Waals surface area contributed by atoms with E-state index in [4.69, 9.17) is 4.42 Å². The molecule has 1 aliphatic rings. The number of alkyl halides is 2. The van der Waals surface area contributed by atoms with Crippen molar-refractivity contribution in [3.05, 3.63) is 47.2 Å². The SMILES string of the molecule is Cc1nnc(C(F)(F)c2ccc(C3CC3)cc2)o1. The smallest absolute Gasteiger partial charge is 0.349 e. The summed E-state index contributed by atoms with van der Waals surface area (Å²) in [5.74, 6) is -3.19. The zero-order valence-electron chi connectivity index (χ0n) is 9.86. The van der Waals surface area contributed by atoms with Gasteiger partial charge in [0.1, 0.15) is 0 Å². The third-order valence-electron chi connectivity index (χ3n) is 3.12. The second-order valence-electron chi connectivity index (χ2n) is 4.60. The summed E-state index contributed by atoms with van der Waals surface area (Å²) in [7, 11) is 0. The van der Waals surface area contributed by atoms with Gasteiger partial charge in [-0.05, 0) is 24.3 Å². The molecule has 0 atom stereocenters. The van der Waals surface area contributed by atoms with Crippen LogP contribution in [0.25, 0.3) is 0 Å². The molecular weight excluding hydrogens is 238 g/mol. The lowest BCUT2D eigenvalue weighted by molar-refractivity contribution is 0.0123. The fourth-order valence-corrected chi connectivity index (χ4v) is 1.93. The predicted octanol–water partition coefficient (Wildman–Crippen LogP) is 3.40. The molecule has 3 nitrogen and oxygen atoms in total. The van der Waals surface area contributed by atoms with E-state index in [-0.39, 0.29) is 11.5 Å². The van der Waals surface area contributed by atoms with Crippen molar-refractivity contribution in [2.24, 2.45) is 0 Å². The lowest BCUT2D eigenvalue weighted by Gasteiger charge is -2.12. The molecule has 1 saturated carbocycles. The van der Waals surface area contributed by atoms with E-state index in [1.54, 1.807) is 12.1 Å². The highest BCUT2D eigenvalue weighted by Crippen LogP contribution is 2.41. The molecule has 5 heteroatoms. The molecule has 0 N–H and O–H groups in total. The Balaban J connectivity index is 1.92. The third kappa shape index (κ3) is 1.89. The molecule has 1 aliphatic carbocycles. The van der Waals surface area contributed by atoms with Crippen molar-refractivity contribution in [3.8, 4) is 0 Å². The second kappa shape index (κ2) is 3.86. The van der Waals surface area contributed by atoms with Crippen LogP contribution in [0.5, 0.6) is 0 Å². The van der Waals surface area contributed by atoms with Crippen LogP contribution in [0.1, 0.15) is 41.7 Å². The molecule has 0 amide bonds. The molecule has 0 aliphatic heterocycles. The van der Waals surface area contributed by atoms with E-state index >= 15 is 0 Å². The molecule has 1 fully saturated rings. The quantitative estimate of drug-likeness (QED) is 0.838. The minimum absolute atomic E-state index is 0.115. The summed E-state index contributed by atoms with van der Waals surface area (Å²) in [5, 5.41) is 6.83. The van der Waals surface area contributed by atoms with Crippen molar-refractivity contribution in [1.82, 2.24) is 10.2 Å². The second-order valence-corrected chi connectivity index (χ2v) is 4.60. The Labute approximate surface area is 103 Å². The van der Waals surface area contributed by atoms with Crippen molar-refractivity contribution in [1.29, 1.82) is 0 Å². The van der Waals surface area contributed by atoms with Gasteiger partial charge < -0.3 is 4.42 Å². The Morgan fingerprint density at radius 2 is 1.83 bits per heavy atom.